The Bertz CT molecular complexity index is 1550. The second-order valence-electron chi connectivity index (χ2n) is 8.32. The molecule has 0 atom stereocenters. The molecule has 0 aliphatic heterocycles. The van der Waals surface area contributed by atoms with E-state index in [9.17, 15) is 4.79 Å². The summed E-state index contributed by atoms with van der Waals surface area (Å²) < 4.78 is 16.1. The third-order valence-electron chi connectivity index (χ3n) is 6.12. The van der Waals surface area contributed by atoms with Crippen LogP contribution in [0.5, 0.6) is 17.2 Å². The number of carbonyl (C=O) groups excluding carboxylic acids is 1. The van der Waals surface area contributed by atoms with Crippen molar-refractivity contribution >= 4 is 16.9 Å². The van der Waals surface area contributed by atoms with E-state index in [0.29, 0.717) is 46.0 Å². The van der Waals surface area contributed by atoms with E-state index in [1.165, 1.54) is 0 Å². The number of hydrogen-bond acceptors (Lipinski definition) is 6. The van der Waals surface area contributed by atoms with Crippen molar-refractivity contribution < 1.29 is 19.0 Å². The van der Waals surface area contributed by atoms with Crippen molar-refractivity contribution in [2.24, 2.45) is 0 Å². The molecule has 5 rings (SSSR count). The number of nitrogens with one attached hydrogen (secondary N) is 2. The predicted molar refractivity (Wildman–Crippen MR) is 142 cm³/mol. The summed E-state index contributed by atoms with van der Waals surface area (Å²) in [5, 5.41) is 11.2. The maximum Gasteiger partial charge on any atom is 0.252 e. The molecule has 1 amide bonds. The number of ether oxygens (including phenoxy) is 3. The molecule has 0 saturated carbocycles. The number of rotatable bonds is 8. The molecule has 8 heteroatoms. The van der Waals surface area contributed by atoms with Crippen LogP contribution in [0, 0.1) is 0 Å². The lowest BCUT2D eigenvalue weighted by molar-refractivity contribution is 0.0952. The molecule has 0 aliphatic rings. The average molecular weight is 495 g/mol. The number of pyridine rings is 1. The molecule has 0 aliphatic carbocycles. The van der Waals surface area contributed by atoms with Crippen LogP contribution in [-0.2, 0) is 6.54 Å². The molecule has 37 heavy (non-hydrogen) atoms. The first-order valence-corrected chi connectivity index (χ1v) is 11.7. The van der Waals surface area contributed by atoms with Gasteiger partial charge in [-0.25, -0.2) is 4.98 Å². The van der Waals surface area contributed by atoms with E-state index < -0.39 is 0 Å². The first-order chi connectivity index (χ1) is 18.1. The lowest BCUT2D eigenvalue weighted by Crippen LogP contribution is -2.23. The summed E-state index contributed by atoms with van der Waals surface area (Å²) in [5.74, 6) is 1.68. The van der Waals surface area contributed by atoms with Gasteiger partial charge in [0.1, 0.15) is 5.75 Å². The monoisotopic (exact) mass is 494 g/mol. The van der Waals surface area contributed by atoms with E-state index in [4.69, 9.17) is 19.2 Å². The highest BCUT2D eigenvalue weighted by atomic mass is 16.5. The minimum absolute atomic E-state index is 0.228. The van der Waals surface area contributed by atoms with Crippen molar-refractivity contribution in [1.29, 1.82) is 0 Å². The Morgan fingerprint density at radius 2 is 1.57 bits per heavy atom. The minimum Gasteiger partial charge on any atom is -0.497 e. The molecule has 5 aromatic rings. The minimum atomic E-state index is -0.228. The summed E-state index contributed by atoms with van der Waals surface area (Å²) >= 11 is 0. The first kappa shape index (κ1) is 23.9. The summed E-state index contributed by atoms with van der Waals surface area (Å²) in [6, 6.07) is 24.6. The molecule has 2 heterocycles. The number of methoxy groups -OCH3 is 3. The molecule has 2 N–H and O–H groups in total. The molecule has 2 aromatic heterocycles. The van der Waals surface area contributed by atoms with E-state index in [0.717, 1.165) is 22.4 Å². The van der Waals surface area contributed by atoms with E-state index >= 15 is 0 Å². The van der Waals surface area contributed by atoms with Gasteiger partial charge in [-0.1, -0.05) is 30.3 Å². The van der Waals surface area contributed by atoms with Crippen molar-refractivity contribution in [2.75, 3.05) is 21.3 Å². The Labute approximate surface area is 214 Å². The summed E-state index contributed by atoms with van der Waals surface area (Å²) in [6.07, 6.45) is 0. The van der Waals surface area contributed by atoms with Gasteiger partial charge in [-0.05, 0) is 54.1 Å². The molecule has 0 unspecified atom stereocenters. The van der Waals surface area contributed by atoms with E-state index in [-0.39, 0.29) is 5.91 Å². The molecule has 0 fully saturated rings. The summed E-state index contributed by atoms with van der Waals surface area (Å²) in [5.41, 5.74) is 4.82. The normalized spacial score (nSPS) is 10.8. The largest absolute Gasteiger partial charge is 0.497 e. The topological polar surface area (TPSA) is 98.4 Å². The number of carbonyl (C=O) groups is 1. The Hall–Kier alpha value is -4.85. The SMILES string of the molecule is COc1ccc(-c2[nH]nc3nc(-c4ccc(OC)c(OC)c4)cc(C(=O)NCc4ccccc4)c23)cc1. The van der Waals surface area contributed by atoms with E-state index in [1.54, 1.807) is 27.4 Å². The molecule has 8 nitrogen and oxygen atoms in total. The molecule has 0 spiro atoms. The smallest absolute Gasteiger partial charge is 0.252 e. The highest BCUT2D eigenvalue weighted by Crippen LogP contribution is 2.35. The van der Waals surface area contributed by atoms with Gasteiger partial charge in [0, 0.05) is 17.7 Å². The summed E-state index contributed by atoms with van der Waals surface area (Å²) in [4.78, 5) is 18.3. The maximum atomic E-state index is 13.6. The van der Waals surface area contributed by atoms with Crippen LogP contribution in [0.3, 0.4) is 0 Å². The average Bonchev–Trinajstić information content (AvgIpc) is 3.39. The van der Waals surface area contributed by atoms with Gasteiger partial charge in [-0.2, -0.15) is 5.10 Å². The van der Waals surface area contributed by atoms with Crippen molar-refractivity contribution in [3.63, 3.8) is 0 Å². The van der Waals surface area contributed by atoms with Crippen molar-refractivity contribution in [3.05, 3.63) is 90.0 Å². The lowest BCUT2D eigenvalue weighted by Gasteiger charge is -2.12. The molecule has 3 aromatic carbocycles. The standard InChI is InChI=1S/C29H26N4O4/c1-35-21-12-9-19(10-13-21)27-26-22(29(34)30-17-18-7-5-4-6-8-18)16-23(31-28(26)33-32-27)20-11-14-24(36-2)25(15-20)37-3/h4-16H,17H2,1-3H3,(H,30,34)(H,31,32,33). The number of H-pyrrole nitrogens is 1. The Kier molecular flexibility index (Phi) is 6.72. The van der Waals surface area contributed by atoms with Crippen LogP contribution < -0.4 is 19.5 Å². The van der Waals surface area contributed by atoms with Gasteiger partial charge in [0.15, 0.2) is 17.1 Å². The number of benzene rings is 3. The van der Waals surface area contributed by atoms with Crippen LogP contribution >= 0.6 is 0 Å². The lowest BCUT2D eigenvalue weighted by atomic mass is 10.0. The second kappa shape index (κ2) is 10.4. The Morgan fingerprint density at radius 3 is 2.27 bits per heavy atom. The van der Waals surface area contributed by atoms with Gasteiger partial charge in [0.25, 0.3) is 5.91 Å². The zero-order valence-corrected chi connectivity index (χ0v) is 20.7. The molecule has 0 saturated heterocycles. The molecule has 0 radical (unpaired) electrons. The fourth-order valence-corrected chi connectivity index (χ4v) is 4.19. The van der Waals surface area contributed by atoms with Gasteiger partial charge < -0.3 is 19.5 Å². The van der Waals surface area contributed by atoms with Crippen molar-refractivity contribution in [1.82, 2.24) is 20.5 Å². The highest BCUT2D eigenvalue weighted by Gasteiger charge is 2.21. The number of aromatic nitrogens is 3. The Balaban J connectivity index is 1.62. The van der Waals surface area contributed by atoms with Gasteiger partial charge in [0.05, 0.1) is 43.7 Å². The number of aromatic amines is 1. The molecule has 0 bridgehead atoms. The molecular formula is C29H26N4O4. The van der Waals surface area contributed by atoms with Crippen LogP contribution in [-0.4, -0.2) is 42.4 Å². The maximum absolute atomic E-state index is 13.6. The van der Waals surface area contributed by atoms with Gasteiger partial charge in [0.2, 0.25) is 0 Å². The van der Waals surface area contributed by atoms with Gasteiger partial charge in [-0.3, -0.25) is 9.89 Å². The second-order valence-corrected chi connectivity index (χ2v) is 8.32. The first-order valence-electron chi connectivity index (χ1n) is 11.7. The van der Waals surface area contributed by atoms with Crippen LogP contribution in [0.25, 0.3) is 33.5 Å². The molecular weight excluding hydrogens is 468 g/mol. The third kappa shape index (κ3) is 4.81. The third-order valence-corrected chi connectivity index (χ3v) is 6.12. The quantitative estimate of drug-likeness (QED) is 0.306. The summed E-state index contributed by atoms with van der Waals surface area (Å²) in [7, 11) is 4.78. The fraction of sp³-hybridized carbons (Fsp3) is 0.138. The van der Waals surface area contributed by atoms with Gasteiger partial charge >= 0.3 is 0 Å². The van der Waals surface area contributed by atoms with Gasteiger partial charge in [-0.15, -0.1) is 0 Å². The summed E-state index contributed by atoms with van der Waals surface area (Å²) in [6.45, 7) is 0.394. The molecule has 186 valence electrons. The van der Waals surface area contributed by atoms with Crippen LogP contribution in [0.15, 0.2) is 78.9 Å². The van der Waals surface area contributed by atoms with Crippen LogP contribution in [0.4, 0.5) is 0 Å². The number of nitrogens with zero attached hydrogens (tertiary/aromatic N) is 2. The van der Waals surface area contributed by atoms with Crippen LogP contribution in [0.1, 0.15) is 15.9 Å². The Morgan fingerprint density at radius 1 is 0.838 bits per heavy atom. The fourth-order valence-electron chi connectivity index (χ4n) is 4.19. The highest BCUT2D eigenvalue weighted by molar-refractivity contribution is 6.11. The van der Waals surface area contributed by atoms with Crippen molar-refractivity contribution in [2.45, 2.75) is 6.54 Å². The zero-order chi connectivity index (χ0) is 25.8. The number of amides is 1. The van der Waals surface area contributed by atoms with E-state index in [1.807, 2.05) is 72.8 Å². The van der Waals surface area contributed by atoms with E-state index in [2.05, 4.69) is 15.5 Å². The zero-order valence-electron chi connectivity index (χ0n) is 20.7. The predicted octanol–water partition coefficient (Wildman–Crippen LogP) is 5.25. The number of hydrogen-bond donors (Lipinski definition) is 2. The van der Waals surface area contributed by atoms with Crippen molar-refractivity contribution in [3.8, 4) is 39.8 Å². The van der Waals surface area contributed by atoms with Crippen LogP contribution in [0.2, 0.25) is 0 Å². The number of fused-ring (bicyclic) bond motifs is 1.